The number of rotatable bonds is 8. The molecule has 0 amide bonds. The van der Waals surface area contributed by atoms with E-state index in [1.165, 1.54) is 44.3 Å². The lowest BCUT2D eigenvalue weighted by Crippen LogP contribution is -2.00. The number of fused-ring (bicyclic) bond motifs is 2. The first-order valence-corrected chi connectivity index (χ1v) is 12.0. The Kier molecular flexibility index (Phi) is 5.93. The van der Waals surface area contributed by atoms with Gasteiger partial charge in [0.15, 0.2) is 0 Å². The largest absolute Gasteiger partial charge is 0.342 e. The zero-order valence-electron chi connectivity index (χ0n) is 20.1. The van der Waals surface area contributed by atoms with Gasteiger partial charge in [-0.3, -0.25) is 0 Å². The van der Waals surface area contributed by atoms with Gasteiger partial charge in [0.1, 0.15) is 0 Å². The minimum atomic E-state index is 0.940. The Hall–Kier alpha value is -3.85. The van der Waals surface area contributed by atoms with Crippen molar-refractivity contribution < 1.29 is 0 Å². The van der Waals surface area contributed by atoms with E-state index in [1.807, 2.05) is 12.2 Å². The highest BCUT2D eigenvalue weighted by molar-refractivity contribution is 5.93. The van der Waals surface area contributed by atoms with Crippen LogP contribution in [0.5, 0.6) is 0 Å². The molecule has 3 nitrogen and oxygen atoms in total. The van der Waals surface area contributed by atoms with E-state index < -0.39 is 0 Å². The molecule has 0 aliphatic heterocycles. The lowest BCUT2D eigenvalue weighted by atomic mass is 10.0. The molecule has 3 heterocycles. The van der Waals surface area contributed by atoms with Gasteiger partial charge >= 0.3 is 0 Å². The number of allylic oxidation sites excluding steroid dienone is 2. The van der Waals surface area contributed by atoms with Crippen molar-refractivity contribution in [2.75, 3.05) is 0 Å². The third-order valence-corrected chi connectivity index (χ3v) is 6.85. The number of hydrogen-bond acceptors (Lipinski definition) is 1. The molecule has 0 spiro atoms. The molecule has 2 aromatic carbocycles. The number of nitrogens with zero attached hydrogens (tertiary/aromatic N) is 3. The molecule has 34 heavy (non-hydrogen) atoms. The van der Waals surface area contributed by atoms with E-state index in [2.05, 4.69) is 103 Å². The maximum atomic E-state index is 5.27. The second-order valence-electron chi connectivity index (χ2n) is 8.87. The summed E-state index contributed by atoms with van der Waals surface area (Å²) in [7, 11) is 4.30. The van der Waals surface area contributed by atoms with E-state index >= 15 is 0 Å². The second kappa shape index (κ2) is 9.18. The molecule has 5 rings (SSSR count). The summed E-state index contributed by atoms with van der Waals surface area (Å²) in [6, 6.07) is 23.7. The molecule has 0 saturated heterocycles. The van der Waals surface area contributed by atoms with Gasteiger partial charge in [0.2, 0.25) is 0 Å². The summed E-state index contributed by atoms with van der Waals surface area (Å²) in [5.41, 5.74) is 9.55. The molecule has 0 aliphatic carbocycles. The van der Waals surface area contributed by atoms with Crippen molar-refractivity contribution in [1.82, 2.24) is 14.1 Å². The van der Waals surface area contributed by atoms with Crippen molar-refractivity contribution in [2.45, 2.75) is 25.7 Å². The van der Waals surface area contributed by atoms with Gasteiger partial charge in [-0.25, -0.2) is 4.98 Å². The molecular weight excluding hydrogens is 414 g/mol. The van der Waals surface area contributed by atoms with Gasteiger partial charge in [-0.15, -0.1) is 13.2 Å². The van der Waals surface area contributed by atoms with E-state index in [4.69, 9.17) is 4.98 Å². The molecule has 0 N–H and O–H groups in total. The molecule has 3 aromatic heterocycles. The van der Waals surface area contributed by atoms with Gasteiger partial charge in [-0.1, -0.05) is 54.6 Å². The number of aromatic nitrogens is 3. The standard InChI is InChI=1S/C31H31N3/c1-5-7-14-24-22-16-9-11-20-28(22)33(3)30(24)26-18-13-19-27(32-26)31-25(15-8-6-2)23-17-10-12-21-29(23)34(31)4/h5-6,9-13,16-21H,1-2,7-8,14-15H2,3-4H3. The highest BCUT2D eigenvalue weighted by Gasteiger charge is 2.20. The fourth-order valence-electron chi connectivity index (χ4n) is 5.29. The van der Waals surface area contributed by atoms with Crippen LogP contribution in [-0.4, -0.2) is 14.1 Å². The van der Waals surface area contributed by atoms with Gasteiger partial charge in [0, 0.05) is 35.9 Å². The van der Waals surface area contributed by atoms with E-state index in [1.54, 1.807) is 0 Å². The molecule has 0 unspecified atom stereocenters. The highest BCUT2D eigenvalue weighted by Crippen LogP contribution is 2.37. The van der Waals surface area contributed by atoms with Gasteiger partial charge in [0.25, 0.3) is 0 Å². The molecule has 0 bridgehead atoms. The summed E-state index contributed by atoms with van der Waals surface area (Å²) < 4.78 is 4.58. The predicted molar refractivity (Wildman–Crippen MR) is 145 cm³/mol. The normalized spacial score (nSPS) is 11.4. The van der Waals surface area contributed by atoms with Gasteiger partial charge in [-0.2, -0.15) is 0 Å². The molecule has 0 radical (unpaired) electrons. The minimum absolute atomic E-state index is 0.940. The van der Waals surface area contributed by atoms with Crippen LogP contribution in [0, 0.1) is 0 Å². The van der Waals surface area contributed by atoms with Crippen LogP contribution < -0.4 is 0 Å². The molecule has 0 saturated carbocycles. The average molecular weight is 446 g/mol. The van der Waals surface area contributed by atoms with Crippen LogP contribution in [0.4, 0.5) is 0 Å². The summed E-state index contributed by atoms with van der Waals surface area (Å²) in [5, 5.41) is 2.59. The second-order valence-corrected chi connectivity index (χ2v) is 8.87. The van der Waals surface area contributed by atoms with Crippen molar-refractivity contribution in [2.24, 2.45) is 14.1 Å². The summed E-state index contributed by atoms with van der Waals surface area (Å²) in [6.07, 6.45) is 7.77. The Bertz CT molecular complexity index is 1400. The maximum absolute atomic E-state index is 5.27. The van der Waals surface area contributed by atoms with Gasteiger partial charge in [-0.05, 0) is 61.1 Å². The van der Waals surface area contributed by atoms with Gasteiger partial charge < -0.3 is 9.13 Å². The van der Waals surface area contributed by atoms with E-state index in [-0.39, 0.29) is 0 Å². The fraction of sp³-hybridized carbons (Fsp3) is 0.194. The Morgan fingerprint density at radius 2 is 1.09 bits per heavy atom. The van der Waals surface area contributed by atoms with E-state index in [0.29, 0.717) is 0 Å². The third kappa shape index (κ3) is 3.58. The monoisotopic (exact) mass is 445 g/mol. The Labute approximate surface area is 201 Å². The topological polar surface area (TPSA) is 22.8 Å². The number of hydrogen-bond donors (Lipinski definition) is 0. The number of pyridine rings is 1. The van der Waals surface area contributed by atoms with Crippen molar-refractivity contribution in [3.8, 4) is 22.8 Å². The molecule has 3 heteroatoms. The summed E-state index contributed by atoms with van der Waals surface area (Å²) in [5.74, 6) is 0. The molecule has 0 aliphatic rings. The fourth-order valence-corrected chi connectivity index (χ4v) is 5.29. The highest BCUT2D eigenvalue weighted by atomic mass is 15.0. The molecular formula is C31H31N3. The van der Waals surface area contributed by atoms with Crippen LogP contribution in [0.25, 0.3) is 44.6 Å². The SMILES string of the molecule is C=CCCc1c(-c2cccc(-c3c(CCC=C)c4ccccc4n3C)n2)n(C)c2ccccc12. The first kappa shape index (κ1) is 22.0. The number of aryl methyl sites for hydroxylation is 4. The average Bonchev–Trinajstić information content (AvgIpc) is 3.32. The smallest absolute Gasteiger partial charge is 0.0877 e. The van der Waals surface area contributed by atoms with E-state index in [0.717, 1.165) is 37.1 Å². The van der Waals surface area contributed by atoms with E-state index in [9.17, 15) is 0 Å². The quantitative estimate of drug-likeness (QED) is 0.225. The lowest BCUT2D eigenvalue weighted by molar-refractivity contribution is 0.931. The maximum Gasteiger partial charge on any atom is 0.0877 e. The molecule has 0 atom stereocenters. The summed E-state index contributed by atoms with van der Waals surface area (Å²) in [4.78, 5) is 5.27. The summed E-state index contributed by atoms with van der Waals surface area (Å²) in [6.45, 7) is 7.90. The van der Waals surface area contributed by atoms with Crippen LogP contribution in [-0.2, 0) is 26.9 Å². The molecule has 5 aromatic rings. The van der Waals surface area contributed by atoms with Crippen LogP contribution >= 0.6 is 0 Å². The van der Waals surface area contributed by atoms with Crippen LogP contribution in [0.15, 0.2) is 92.0 Å². The first-order chi connectivity index (χ1) is 16.7. The Morgan fingerprint density at radius 3 is 1.53 bits per heavy atom. The van der Waals surface area contributed by atoms with Crippen LogP contribution in [0.1, 0.15) is 24.0 Å². The van der Waals surface area contributed by atoms with Crippen molar-refractivity contribution in [3.63, 3.8) is 0 Å². The predicted octanol–water partition coefficient (Wildman–Crippen LogP) is 7.64. The van der Waals surface area contributed by atoms with Crippen molar-refractivity contribution in [3.05, 3.63) is 103 Å². The minimum Gasteiger partial charge on any atom is -0.342 e. The Balaban J connectivity index is 1.73. The number of para-hydroxylation sites is 2. The molecule has 0 fully saturated rings. The Morgan fingerprint density at radius 1 is 0.647 bits per heavy atom. The van der Waals surface area contributed by atoms with Crippen molar-refractivity contribution >= 4 is 21.8 Å². The van der Waals surface area contributed by atoms with Gasteiger partial charge in [0.05, 0.1) is 22.8 Å². The lowest BCUT2D eigenvalue weighted by Gasteiger charge is -2.12. The zero-order chi connectivity index (χ0) is 23.7. The van der Waals surface area contributed by atoms with Crippen LogP contribution in [0.2, 0.25) is 0 Å². The molecule has 170 valence electrons. The number of benzene rings is 2. The third-order valence-electron chi connectivity index (χ3n) is 6.85. The van der Waals surface area contributed by atoms with Crippen molar-refractivity contribution in [1.29, 1.82) is 0 Å². The summed E-state index contributed by atoms with van der Waals surface area (Å²) >= 11 is 0. The van der Waals surface area contributed by atoms with Crippen LogP contribution in [0.3, 0.4) is 0 Å². The zero-order valence-corrected chi connectivity index (χ0v) is 20.1. The first-order valence-electron chi connectivity index (χ1n) is 12.0.